The topological polar surface area (TPSA) is 46.6 Å². The zero-order chi connectivity index (χ0) is 14.2. The van der Waals surface area contributed by atoms with E-state index in [1.165, 1.54) is 0 Å². The van der Waals surface area contributed by atoms with Gasteiger partial charge in [0.1, 0.15) is 11.4 Å². The van der Waals surface area contributed by atoms with E-state index in [-0.39, 0.29) is 29.8 Å². The molecular formula is C12H11F2NO3S. The first kappa shape index (κ1) is 13.8. The van der Waals surface area contributed by atoms with Gasteiger partial charge >= 0.3 is 5.97 Å². The molecule has 1 aliphatic rings. The average molecular weight is 287 g/mol. The normalized spacial score (nSPS) is 18.8. The Balaban J connectivity index is 2.48. The third-order valence-electron chi connectivity index (χ3n) is 2.86. The summed E-state index contributed by atoms with van der Waals surface area (Å²) in [4.78, 5) is 24.2. The SMILES string of the molecule is COC(=O)c1c(F)ccc(N2CC(S)CC2=O)c1F. The number of thiol groups is 1. The molecule has 0 spiro atoms. The van der Waals surface area contributed by atoms with Crippen LogP contribution in [0.4, 0.5) is 14.5 Å². The van der Waals surface area contributed by atoms with Crippen LogP contribution in [0.15, 0.2) is 12.1 Å². The number of anilines is 1. The van der Waals surface area contributed by atoms with Gasteiger partial charge in [0.25, 0.3) is 0 Å². The number of methoxy groups -OCH3 is 1. The summed E-state index contributed by atoms with van der Waals surface area (Å²) < 4.78 is 32.0. The highest BCUT2D eigenvalue weighted by atomic mass is 32.1. The molecule has 1 fully saturated rings. The summed E-state index contributed by atoms with van der Waals surface area (Å²) in [6.45, 7) is 0.213. The molecule has 4 nitrogen and oxygen atoms in total. The molecule has 1 aromatic rings. The lowest BCUT2D eigenvalue weighted by atomic mass is 10.1. The van der Waals surface area contributed by atoms with Crippen LogP contribution in [-0.4, -0.2) is 30.8 Å². The first-order chi connectivity index (χ1) is 8.95. The van der Waals surface area contributed by atoms with Crippen LogP contribution in [0.1, 0.15) is 16.8 Å². The number of hydrogen-bond acceptors (Lipinski definition) is 4. The second-order valence-electron chi connectivity index (χ2n) is 4.11. The predicted molar refractivity (Wildman–Crippen MR) is 67.4 cm³/mol. The molecule has 0 bridgehead atoms. The summed E-state index contributed by atoms with van der Waals surface area (Å²) in [5.74, 6) is -3.56. The number of esters is 1. The minimum Gasteiger partial charge on any atom is -0.465 e. The highest BCUT2D eigenvalue weighted by Gasteiger charge is 2.32. The van der Waals surface area contributed by atoms with Crippen molar-refractivity contribution >= 4 is 30.2 Å². The number of benzene rings is 1. The Hall–Kier alpha value is -1.63. The van der Waals surface area contributed by atoms with Gasteiger partial charge in [-0.15, -0.1) is 0 Å². The Kier molecular flexibility index (Phi) is 3.75. The Morgan fingerprint density at radius 1 is 1.47 bits per heavy atom. The van der Waals surface area contributed by atoms with Crippen LogP contribution >= 0.6 is 12.6 Å². The number of carbonyl (C=O) groups is 2. The van der Waals surface area contributed by atoms with Crippen LogP contribution in [0.25, 0.3) is 0 Å². The van der Waals surface area contributed by atoms with E-state index >= 15 is 0 Å². The number of hydrogen-bond donors (Lipinski definition) is 1. The molecule has 102 valence electrons. The van der Waals surface area contributed by atoms with E-state index < -0.39 is 23.2 Å². The monoisotopic (exact) mass is 287 g/mol. The highest BCUT2D eigenvalue weighted by molar-refractivity contribution is 7.81. The first-order valence-corrected chi connectivity index (χ1v) is 6.02. The van der Waals surface area contributed by atoms with Gasteiger partial charge in [-0.2, -0.15) is 12.6 Å². The van der Waals surface area contributed by atoms with Crippen molar-refractivity contribution in [1.29, 1.82) is 0 Å². The standard InChI is InChI=1S/C12H11F2NO3S/c1-18-12(17)10-7(13)2-3-8(11(10)14)15-5-6(19)4-9(15)16/h2-3,6,19H,4-5H2,1H3. The second kappa shape index (κ2) is 5.16. The zero-order valence-electron chi connectivity index (χ0n) is 10.0. The Morgan fingerprint density at radius 3 is 2.68 bits per heavy atom. The molecule has 1 saturated heterocycles. The number of nitrogens with zero attached hydrogens (tertiary/aromatic N) is 1. The minimum atomic E-state index is -1.12. The molecule has 0 saturated carbocycles. The fourth-order valence-electron chi connectivity index (χ4n) is 1.96. The summed E-state index contributed by atoms with van der Waals surface area (Å²) in [7, 11) is 1.03. The van der Waals surface area contributed by atoms with Gasteiger partial charge in [-0.05, 0) is 12.1 Å². The van der Waals surface area contributed by atoms with Crippen molar-refractivity contribution in [3.05, 3.63) is 29.3 Å². The van der Waals surface area contributed by atoms with E-state index in [1.807, 2.05) is 0 Å². The van der Waals surface area contributed by atoms with Gasteiger partial charge in [-0.3, -0.25) is 4.79 Å². The van der Waals surface area contributed by atoms with Crippen molar-refractivity contribution in [3.63, 3.8) is 0 Å². The number of rotatable bonds is 2. The molecule has 7 heteroatoms. The number of carbonyl (C=O) groups excluding carboxylic acids is 2. The van der Waals surface area contributed by atoms with Gasteiger partial charge in [0.15, 0.2) is 5.82 Å². The van der Waals surface area contributed by atoms with E-state index in [9.17, 15) is 18.4 Å². The molecule has 2 rings (SSSR count). The zero-order valence-corrected chi connectivity index (χ0v) is 10.9. The highest BCUT2D eigenvalue weighted by Crippen LogP contribution is 2.29. The Morgan fingerprint density at radius 2 is 2.16 bits per heavy atom. The quantitative estimate of drug-likeness (QED) is 0.666. The maximum Gasteiger partial charge on any atom is 0.343 e. The van der Waals surface area contributed by atoms with Crippen LogP contribution in [0, 0.1) is 11.6 Å². The second-order valence-corrected chi connectivity index (χ2v) is 4.84. The van der Waals surface area contributed by atoms with Crippen LogP contribution < -0.4 is 4.90 Å². The third kappa shape index (κ3) is 2.42. The number of ether oxygens (including phenoxy) is 1. The van der Waals surface area contributed by atoms with Gasteiger partial charge in [-0.25, -0.2) is 13.6 Å². The van der Waals surface area contributed by atoms with Gasteiger partial charge in [-0.1, -0.05) is 0 Å². The number of amides is 1. The van der Waals surface area contributed by atoms with Crippen LogP contribution in [-0.2, 0) is 9.53 Å². The van der Waals surface area contributed by atoms with Gasteiger partial charge in [0, 0.05) is 18.2 Å². The van der Waals surface area contributed by atoms with Crippen LogP contribution in [0.2, 0.25) is 0 Å². The van der Waals surface area contributed by atoms with Crippen LogP contribution in [0.5, 0.6) is 0 Å². The molecule has 0 aromatic heterocycles. The molecule has 0 N–H and O–H groups in total. The molecule has 0 aliphatic carbocycles. The maximum absolute atomic E-state index is 14.2. The summed E-state index contributed by atoms with van der Waals surface area (Å²) in [5, 5.41) is -0.210. The average Bonchev–Trinajstić information content (AvgIpc) is 2.68. The lowest BCUT2D eigenvalue weighted by molar-refractivity contribution is -0.117. The van der Waals surface area contributed by atoms with E-state index in [4.69, 9.17) is 0 Å². The fraction of sp³-hybridized carbons (Fsp3) is 0.333. The molecule has 19 heavy (non-hydrogen) atoms. The molecule has 1 atom stereocenters. The van der Waals surface area contributed by atoms with E-state index in [0.717, 1.165) is 24.1 Å². The van der Waals surface area contributed by atoms with Crippen molar-refractivity contribution < 1.29 is 23.1 Å². The first-order valence-electron chi connectivity index (χ1n) is 5.50. The number of halogens is 2. The summed E-state index contributed by atoms with van der Waals surface area (Å²) in [5.41, 5.74) is -0.932. The van der Waals surface area contributed by atoms with Crippen LogP contribution in [0.3, 0.4) is 0 Å². The lowest BCUT2D eigenvalue weighted by Crippen LogP contribution is -2.26. The van der Waals surface area contributed by atoms with Gasteiger partial charge < -0.3 is 9.64 Å². The predicted octanol–water partition coefficient (Wildman–Crippen LogP) is 1.79. The molecular weight excluding hydrogens is 276 g/mol. The van der Waals surface area contributed by atoms with Crippen molar-refractivity contribution in [1.82, 2.24) is 0 Å². The van der Waals surface area contributed by atoms with Crippen molar-refractivity contribution in [3.8, 4) is 0 Å². The van der Waals surface area contributed by atoms with Gasteiger partial charge in [0.2, 0.25) is 5.91 Å². The smallest absolute Gasteiger partial charge is 0.343 e. The minimum absolute atomic E-state index is 0.136. The molecule has 1 amide bonds. The van der Waals surface area contributed by atoms with E-state index in [1.54, 1.807) is 0 Å². The van der Waals surface area contributed by atoms with Crippen molar-refractivity contribution in [2.75, 3.05) is 18.6 Å². The molecule has 1 heterocycles. The molecule has 1 aliphatic heterocycles. The fourth-order valence-corrected chi connectivity index (χ4v) is 2.28. The van der Waals surface area contributed by atoms with Gasteiger partial charge in [0.05, 0.1) is 12.8 Å². The largest absolute Gasteiger partial charge is 0.465 e. The third-order valence-corrected chi connectivity index (χ3v) is 3.20. The van der Waals surface area contributed by atoms with E-state index in [0.29, 0.717) is 0 Å². The Labute approximate surface area is 113 Å². The maximum atomic E-state index is 14.2. The molecule has 1 unspecified atom stereocenters. The Bertz CT molecular complexity index is 550. The summed E-state index contributed by atoms with van der Waals surface area (Å²) in [6.07, 6.45) is 0.174. The summed E-state index contributed by atoms with van der Waals surface area (Å²) >= 11 is 4.15. The van der Waals surface area contributed by atoms with Crippen molar-refractivity contribution in [2.45, 2.75) is 11.7 Å². The molecule has 0 radical (unpaired) electrons. The van der Waals surface area contributed by atoms with E-state index in [2.05, 4.69) is 17.4 Å². The van der Waals surface area contributed by atoms with Crippen molar-refractivity contribution in [2.24, 2.45) is 0 Å². The lowest BCUT2D eigenvalue weighted by Gasteiger charge is -2.18. The summed E-state index contributed by atoms with van der Waals surface area (Å²) in [6, 6.07) is 2.06. The molecule has 1 aromatic carbocycles.